The first kappa shape index (κ1) is 13.6. The maximum Gasteiger partial charge on any atom is 0.489 e. The highest BCUT2D eigenvalue weighted by atomic mass is 16.4. The van der Waals surface area contributed by atoms with E-state index in [0.717, 1.165) is 16.7 Å². The predicted octanol–water partition coefficient (Wildman–Crippen LogP) is 2.70. The van der Waals surface area contributed by atoms with Crippen molar-refractivity contribution in [1.82, 2.24) is 0 Å². The molecule has 0 aromatic heterocycles. The summed E-state index contributed by atoms with van der Waals surface area (Å²) in [6.07, 6.45) is 0. The van der Waals surface area contributed by atoms with Crippen LogP contribution in [-0.2, 0) is 0 Å². The van der Waals surface area contributed by atoms with Crippen molar-refractivity contribution in [3.63, 3.8) is 0 Å². The van der Waals surface area contributed by atoms with Crippen LogP contribution in [-0.4, -0.2) is 17.2 Å². The Morgan fingerprint density at radius 2 is 1.05 bits per heavy atom. The molecular weight excluding hydrogens is 259 g/mol. The Morgan fingerprint density at radius 3 is 1.71 bits per heavy atom. The highest BCUT2D eigenvalue weighted by molar-refractivity contribution is 6.60. The van der Waals surface area contributed by atoms with Crippen LogP contribution in [0.3, 0.4) is 0 Å². The Kier molecular flexibility index (Phi) is 3.86. The van der Waals surface area contributed by atoms with E-state index in [4.69, 9.17) is 0 Å². The zero-order valence-corrected chi connectivity index (χ0v) is 11.5. The topological polar surface area (TPSA) is 40.5 Å². The van der Waals surface area contributed by atoms with Gasteiger partial charge in [0, 0.05) is 0 Å². The molecule has 0 unspecified atom stereocenters. The fraction of sp³-hybridized carbons (Fsp3) is 0. The van der Waals surface area contributed by atoms with Gasteiger partial charge in [-0.2, -0.15) is 0 Å². The van der Waals surface area contributed by atoms with Crippen LogP contribution in [0, 0.1) is 0 Å². The lowest BCUT2D eigenvalue weighted by molar-refractivity contribution is 0.426. The average Bonchev–Trinajstić information content (AvgIpc) is 2.56. The molecule has 0 atom stereocenters. The van der Waals surface area contributed by atoms with Gasteiger partial charge in [-0.15, -0.1) is 0 Å². The van der Waals surface area contributed by atoms with Gasteiger partial charge in [0.1, 0.15) is 0 Å². The molecule has 0 aliphatic carbocycles. The minimum absolute atomic E-state index is 0.518. The summed E-state index contributed by atoms with van der Waals surface area (Å²) in [6.45, 7) is 0. The Bertz CT molecular complexity index is 722. The number of rotatable bonds is 3. The van der Waals surface area contributed by atoms with Crippen molar-refractivity contribution < 1.29 is 10.0 Å². The smallest absolute Gasteiger partial charge is 0.423 e. The molecule has 0 aliphatic heterocycles. The molecular formula is C18H15BO2. The summed E-state index contributed by atoms with van der Waals surface area (Å²) < 4.78 is 0. The lowest BCUT2D eigenvalue weighted by Gasteiger charge is -2.10. The summed E-state index contributed by atoms with van der Waals surface area (Å²) in [5.41, 5.74) is 4.64. The first-order chi connectivity index (χ1) is 10.3. The molecule has 102 valence electrons. The molecule has 21 heavy (non-hydrogen) atoms. The Labute approximate surface area is 124 Å². The summed E-state index contributed by atoms with van der Waals surface area (Å²) in [6, 6.07) is 25.6. The molecule has 0 fully saturated rings. The van der Waals surface area contributed by atoms with Crippen molar-refractivity contribution in [3.8, 4) is 22.3 Å². The van der Waals surface area contributed by atoms with Crippen LogP contribution in [0.2, 0.25) is 0 Å². The third-order valence-corrected chi connectivity index (χ3v) is 3.54. The molecule has 0 spiro atoms. The van der Waals surface area contributed by atoms with Crippen molar-refractivity contribution in [2.75, 3.05) is 0 Å². The van der Waals surface area contributed by atoms with E-state index in [1.165, 1.54) is 5.56 Å². The van der Waals surface area contributed by atoms with Crippen molar-refractivity contribution in [2.24, 2.45) is 0 Å². The molecule has 0 saturated carbocycles. The first-order valence-electron chi connectivity index (χ1n) is 6.86. The molecule has 2 nitrogen and oxygen atoms in total. The molecule has 0 bridgehead atoms. The second kappa shape index (κ2) is 5.96. The summed E-state index contributed by atoms with van der Waals surface area (Å²) in [7, 11) is -1.46. The van der Waals surface area contributed by atoms with Crippen LogP contribution in [0.15, 0.2) is 78.9 Å². The average molecular weight is 274 g/mol. The molecule has 2 N–H and O–H groups in total. The number of benzene rings is 3. The van der Waals surface area contributed by atoms with Gasteiger partial charge in [-0.05, 0) is 27.7 Å². The van der Waals surface area contributed by atoms with Crippen LogP contribution in [0.5, 0.6) is 0 Å². The fourth-order valence-electron chi connectivity index (χ4n) is 2.46. The summed E-state index contributed by atoms with van der Waals surface area (Å²) in [5.74, 6) is 0. The normalized spacial score (nSPS) is 10.4. The maximum absolute atomic E-state index is 9.45. The van der Waals surface area contributed by atoms with Crippen molar-refractivity contribution in [3.05, 3.63) is 78.9 Å². The van der Waals surface area contributed by atoms with E-state index in [-0.39, 0.29) is 0 Å². The van der Waals surface area contributed by atoms with Gasteiger partial charge in [-0.25, -0.2) is 0 Å². The van der Waals surface area contributed by atoms with Crippen molar-refractivity contribution in [2.45, 2.75) is 0 Å². The molecule has 3 aromatic rings. The van der Waals surface area contributed by atoms with Gasteiger partial charge >= 0.3 is 7.12 Å². The Balaban J connectivity index is 1.99. The highest BCUT2D eigenvalue weighted by Crippen LogP contribution is 2.23. The van der Waals surface area contributed by atoms with E-state index in [2.05, 4.69) is 12.1 Å². The molecule has 0 radical (unpaired) electrons. The molecule has 0 aliphatic rings. The zero-order valence-electron chi connectivity index (χ0n) is 11.5. The lowest BCUT2D eigenvalue weighted by atomic mass is 9.75. The van der Waals surface area contributed by atoms with E-state index in [0.29, 0.717) is 5.46 Å². The number of hydrogen-bond acceptors (Lipinski definition) is 2. The van der Waals surface area contributed by atoms with E-state index >= 15 is 0 Å². The second-order valence-electron chi connectivity index (χ2n) is 4.90. The third-order valence-electron chi connectivity index (χ3n) is 3.54. The minimum Gasteiger partial charge on any atom is -0.423 e. The van der Waals surface area contributed by atoms with Gasteiger partial charge in [0.2, 0.25) is 0 Å². The van der Waals surface area contributed by atoms with Gasteiger partial charge in [0.05, 0.1) is 0 Å². The monoisotopic (exact) mass is 274 g/mol. The molecule has 3 heteroatoms. The summed E-state index contributed by atoms with van der Waals surface area (Å²) in [4.78, 5) is 0. The van der Waals surface area contributed by atoms with Crippen LogP contribution < -0.4 is 5.46 Å². The van der Waals surface area contributed by atoms with Gasteiger partial charge in [-0.3, -0.25) is 0 Å². The molecule has 0 heterocycles. The molecule has 3 rings (SSSR count). The SMILES string of the molecule is OB(O)c1ccccc1-c1ccc(-c2ccccc2)cc1. The largest absolute Gasteiger partial charge is 0.489 e. The fourth-order valence-corrected chi connectivity index (χ4v) is 2.46. The Hall–Kier alpha value is -2.36. The molecule has 0 amide bonds. The van der Waals surface area contributed by atoms with Crippen LogP contribution >= 0.6 is 0 Å². The first-order valence-corrected chi connectivity index (χ1v) is 6.86. The van der Waals surface area contributed by atoms with E-state index in [1.807, 2.05) is 54.6 Å². The van der Waals surface area contributed by atoms with E-state index in [9.17, 15) is 10.0 Å². The predicted molar refractivity (Wildman–Crippen MR) is 87.1 cm³/mol. The standard InChI is InChI=1S/C18H15BO2/c20-19(21)18-9-5-4-8-17(18)16-12-10-15(11-13-16)14-6-2-1-3-7-14/h1-13,20-21H. The zero-order chi connectivity index (χ0) is 14.7. The number of hydrogen-bond donors (Lipinski definition) is 2. The van der Waals surface area contributed by atoms with Gasteiger partial charge in [-0.1, -0.05) is 78.9 Å². The third kappa shape index (κ3) is 2.89. The van der Waals surface area contributed by atoms with Gasteiger partial charge in [0.25, 0.3) is 0 Å². The van der Waals surface area contributed by atoms with Crippen molar-refractivity contribution in [1.29, 1.82) is 0 Å². The highest BCUT2D eigenvalue weighted by Gasteiger charge is 2.16. The van der Waals surface area contributed by atoms with Gasteiger partial charge in [0.15, 0.2) is 0 Å². The maximum atomic E-state index is 9.45. The molecule has 0 saturated heterocycles. The lowest BCUT2D eigenvalue weighted by Crippen LogP contribution is -2.31. The van der Waals surface area contributed by atoms with Crippen LogP contribution in [0.1, 0.15) is 0 Å². The minimum atomic E-state index is -1.46. The second-order valence-corrected chi connectivity index (χ2v) is 4.90. The summed E-state index contributed by atoms with van der Waals surface area (Å²) >= 11 is 0. The molecule has 3 aromatic carbocycles. The van der Waals surface area contributed by atoms with E-state index in [1.54, 1.807) is 12.1 Å². The van der Waals surface area contributed by atoms with Crippen LogP contribution in [0.25, 0.3) is 22.3 Å². The van der Waals surface area contributed by atoms with Crippen LogP contribution in [0.4, 0.5) is 0 Å². The Morgan fingerprint density at radius 1 is 0.524 bits per heavy atom. The quantitative estimate of drug-likeness (QED) is 0.721. The summed E-state index contributed by atoms with van der Waals surface area (Å²) in [5, 5.41) is 18.9. The van der Waals surface area contributed by atoms with Crippen molar-refractivity contribution >= 4 is 12.6 Å². The van der Waals surface area contributed by atoms with E-state index < -0.39 is 7.12 Å². The van der Waals surface area contributed by atoms with Gasteiger partial charge < -0.3 is 10.0 Å².